The van der Waals surface area contributed by atoms with Crippen LogP contribution < -0.4 is 10.2 Å². The first-order chi connectivity index (χ1) is 9.42. The lowest BCUT2D eigenvalue weighted by Crippen LogP contribution is -2.27. The molecule has 0 radical (unpaired) electrons. The molecule has 0 atom stereocenters. The fourth-order valence-corrected chi connectivity index (χ4v) is 3.28. The van der Waals surface area contributed by atoms with Crippen molar-refractivity contribution in [3.8, 4) is 0 Å². The first-order valence-electron chi connectivity index (χ1n) is 6.46. The van der Waals surface area contributed by atoms with Gasteiger partial charge in [0.25, 0.3) is 0 Å². The minimum atomic E-state index is -2.96. The number of hydrogen-bond donors (Lipinski definition) is 1. The average molecular weight is 316 g/mol. The fraction of sp³-hybridized carbons (Fsp3) is 0.583. The van der Waals surface area contributed by atoms with E-state index in [4.69, 9.17) is 0 Å². The zero-order valence-electron chi connectivity index (χ0n) is 12.0. The van der Waals surface area contributed by atoms with Crippen LogP contribution in [0.1, 0.15) is 12.6 Å². The van der Waals surface area contributed by atoms with Gasteiger partial charge in [0.15, 0.2) is 10.8 Å². The Bertz CT molecular complexity index is 675. The van der Waals surface area contributed by atoms with Gasteiger partial charge < -0.3 is 10.2 Å². The molecule has 0 bridgehead atoms. The number of anilines is 1. The Labute approximate surface area is 123 Å². The van der Waals surface area contributed by atoms with Crippen LogP contribution in [-0.2, 0) is 16.4 Å². The minimum Gasteiger partial charge on any atom is -0.357 e. The summed E-state index contributed by atoms with van der Waals surface area (Å²) in [5.41, 5.74) is 1.07. The van der Waals surface area contributed by atoms with E-state index in [1.54, 1.807) is 11.3 Å². The molecule has 0 aliphatic heterocycles. The largest absolute Gasteiger partial charge is 0.357 e. The topological polar surface area (TPSA) is 66.7 Å². The number of aromatic nitrogens is 2. The number of rotatable bonds is 7. The summed E-state index contributed by atoms with van der Waals surface area (Å²) in [4.78, 5) is 7.44. The molecule has 2 heterocycles. The van der Waals surface area contributed by atoms with Crippen molar-refractivity contribution >= 4 is 32.0 Å². The normalized spacial score (nSPS) is 12.2. The van der Waals surface area contributed by atoms with Crippen molar-refractivity contribution < 1.29 is 8.42 Å². The van der Waals surface area contributed by atoms with Crippen LogP contribution in [0.15, 0.2) is 11.6 Å². The van der Waals surface area contributed by atoms with Gasteiger partial charge in [-0.05, 0) is 6.54 Å². The first kappa shape index (κ1) is 15.3. The molecular formula is C12H20N4O2S2. The Kier molecular flexibility index (Phi) is 4.66. The quantitative estimate of drug-likeness (QED) is 0.825. The van der Waals surface area contributed by atoms with Crippen molar-refractivity contribution in [2.24, 2.45) is 0 Å². The van der Waals surface area contributed by atoms with E-state index in [1.165, 1.54) is 6.26 Å². The highest BCUT2D eigenvalue weighted by atomic mass is 32.2. The highest BCUT2D eigenvalue weighted by molar-refractivity contribution is 7.90. The van der Waals surface area contributed by atoms with Gasteiger partial charge >= 0.3 is 0 Å². The number of hydrogen-bond acceptors (Lipinski definition) is 6. The van der Waals surface area contributed by atoms with E-state index in [2.05, 4.69) is 21.6 Å². The summed E-state index contributed by atoms with van der Waals surface area (Å²) in [6.07, 6.45) is 3.25. The maximum atomic E-state index is 11.3. The van der Waals surface area contributed by atoms with E-state index in [0.29, 0.717) is 13.1 Å². The highest BCUT2D eigenvalue weighted by Gasteiger charge is 2.17. The van der Waals surface area contributed by atoms with Crippen molar-refractivity contribution in [2.45, 2.75) is 13.5 Å². The van der Waals surface area contributed by atoms with Crippen LogP contribution in [0, 0.1) is 0 Å². The van der Waals surface area contributed by atoms with Gasteiger partial charge in [-0.2, -0.15) is 0 Å². The van der Waals surface area contributed by atoms with Crippen molar-refractivity contribution in [1.82, 2.24) is 14.7 Å². The molecular weight excluding hydrogens is 296 g/mol. The van der Waals surface area contributed by atoms with Gasteiger partial charge in [-0.25, -0.2) is 13.4 Å². The van der Waals surface area contributed by atoms with E-state index >= 15 is 0 Å². The van der Waals surface area contributed by atoms with Gasteiger partial charge in [0.1, 0.15) is 9.84 Å². The zero-order valence-corrected chi connectivity index (χ0v) is 13.6. The molecule has 0 fully saturated rings. The zero-order chi connectivity index (χ0) is 14.8. The summed E-state index contributed by atoms with van der Waals surface area (Å²) < 4.78 is 24.6. The second-order valence-corrected chi connectivity index (χ2v) is 7.90. The monoisotopic (exact) mass is 316 g/mol. The Hall–Kier alpha value is -1.12. The van der Waals surface area contributed by atoms with Crippen LogP contribution in [-0.4, -0.2) is 49.9 Å². The minimum absolute atomic E-state index is 0.134. The number of nitrogens with zero attached hydrogens (tertiary/aromatic N) is 3. The molecule has 2 aromatic heterocycles. The third kappa shape index (κ3) is 3.50. The molecule has 0 unspecified atom stereocenters. The first-order valence-corrected chi connectivity index (χ1v) is 9.40. The number of imidazole rings is 1. The van der Waals surface area contributed by atoms with Gasteiger partial charge in [-0.1, -0.05) is 6.92 Å². The fourth-order valence-electron chi connectivity index (χ4n) is 1.94. The van der Waals surface area contributed by atoms with E-state index < -0.39 is 9.84 Å². The highest BCUT2D eigenvalue weighted by Crippen LogP contribution is 2.23. The molecule has 0 aromatic carbocycles. The predicted molar refractivity (Wildman–Crippen MR) is 83.4 cm³/mol. The van der Waals surface area contributed by atoms with Crippen molar-refractivity contribution in [1.29, 1.82) is 0 Å². The Morgan fingerprint density at radius 1 is 1.50 bits per heavy atom. The molecule has 112 valence electrons. The summed E-state index contributed by atoms with van der Waals surface area (Å²) in [7, 11) is -1.08. The molecule has 0 amide bonds. The summed E-state index contributed by atoms with van der Waals surface area (Å²) in [5, 5.41) is 5.30. The third-order valence-electron chi connectivity index (χ3n) is 3.04. The summed E-state index contributed by atoms with van der Waals surface area (Å²) >= 11 is 1.58. The third-order valence-corrected chi connectivity index (χ3v) is 4.72. The molecule has 0 spiro atoms. The van der Waals surface area contributed by atoms with E-state index in [9.17, 15) is 8.42 Å². The van der Waals surface area contributed by atoms with Crippen LogP contribution in [0.2, 0.25) is 0 Å². The number of thiazole rings is 1. The average Bonchev–Trinajstić information content (AvgIpc) is 2.93. The smallest absolute Gasteiger partial charge is 0.195 e. The van der Waals surface area contributed by atoms with Crippen LogP contribution in [0.25, 0.3) is 4.96 Å². The number of sulfone groups is 1. The Morgan fingerprint density at radius 3 is 2.90 bits per heavy atom. The van der Waals surface area contributed by atoms with Crippen LogP contribution >= 0.6 is 11.3 Å². The maximum absolute atomic E-state index is 11.3. The van der Waals surface area contributed by atoms with Gasteiger partial charge in [-0.3, -0.25) is 4.40 Å². The van der Waals surface area contributed by atoms with Crippen LogP contribution in [0.5, 0.6) is 0 Å². The molecule has 8 heteroatoms. The van der Waals surface area contributed by atoms with E-state index in [1.807, 2.05) is 23.5 Å². The van der Waals surface area contributed by atoms with Gasteiger partial charge in [0, 0.05) is 38.0 Å². The lowest BCUT2D eigenvalue weighted by molar-refractivity contribution is 0.601. The number of nitrogens with one attached hydrogen (secondary N) is 1. The Morgan fingerprint density at radius 2 is 2.25 bits per heavy atom. The van der Waals surface area contributed by atoms with Crippen LogP contribution in [0.4, 0.5) is 5.82 Å². The second kappa shape index (κ2) is 6.11. The maximum Gasteiger partial charge on any atom is 0.195 e. The van der Waals surface area contributed by atoms with E-state index in [-0.39, 0.29) is 5.75 Å². The molecule has 0 saturated heterocycles. The molecule has 6 nitrogen and oxygen atoms in total. The van der Waals surface area contributed by atoms with Gasteiger partial charge in [0.05, 0.1) is 11.4 Å². The molecule has 1 N–H and O–H groups in total. The van der Waals surface area contributed by atoms with Crippen LogP contribution in [0.3, 0.4) is 0 Å². The molecule has 0 aliphatic carbocycles. The summed E-state index contributed by atoms with van der Waals surface area (Å²) in [6.45, 7) is 4.10. The predicted octanol–water partition coefficient (Wildman–Crippen LogP) is 0.986. The summed E-state index contributed by atoms with van der Waals surface area (Å²) in [5.74, 6) is 0.983. The van der Waals surface area contributed by atoms with Crippen molar-refractivity contribution in [3.63, 3.8) is 0 Å². The van der Waals surface area contributed by atoms with Gasteiger partial charge in [-0.15, -0.1) is 11.3 Å². The Balaban J connectivity index is 2.25. The SMILES string of the molecule is CCNCc1c(N(C)CCS(C)(=O)=O)nc2sccn12. The second-order valence-electron chi connectivity index (χ2n) is 4.77. The van der Waals surface area contributed by atoms with E-state index in [0.717, 1.165) is 23.0 Å². The van der Waals surface area contributed by atoms with Crippen molar-refractivity contribution in [2.75, 3.05) is 37.0 Å². The molecule has 2 aromatic rings. The lowest BCUT2D eigenvalue weighted by Gasteiger charge is -2.18. The molecule has 0 saturated carbocycles. The molecule has 20 heavy (non-hydrogen) atoms. The molecule has 2 rings (SSSR count). The van der Waals surface area contributed by atoms with Crippen molar-refractivity contribution in [3.05, 3.63) is 17.3 Å². The molecule has 0 aliphatic rings. The van der Waals surface area contributed by atoms with Gasteiger partial charge in [0.2, 0.25) is 0 Å². The summed E-state index contributed by atoms with van der Waals surface area (Å²) in [6, 6.07) is 0. The lowest BCUT2D eigenvalue weighted by atomic mass is 10.4. The standard InChI is InChI=1S/C12H20N4O2S2/c1-4-13-9-10-11(14-12-16(10)5-7-19-12)15(2)6-8-20(3,17)18/h5,7,13H,4,6,8-9H2,1-3H3. The number of fused-ring (bicyclic) bond motifs is 1.